The number of benzene rings is 9. The molecule has 0 radical (unpaired) electrons. The van der Waals surface area contributed by atoms with Crippen LogP contribution in [-0.2, 0) is 5.41 Å². The van der Waals surface area contributed by atoms with E-state index in [1.807, 2.05) is 6.07 Å². The molecule has 1 aliphatic carbocycles. The summed E-state index contributed by atoms with van der Waals surface area (Å²) in [5.41, 5.74) is 17.7. The van der Waals surface area contributed by atoms with Crippen LogP contribution in [0.4, 0.5) is 17.1 Å². The molecular weight excluding hydrogens is 693 g/mol. The Morgan fingerprint density at radius 2 is 1.02 bits per heavy atom. The molecule has 0 bridgehead atoms. The monoisotopic (exact) mass is 726 g/mol. The fourth-order valence-corrected chi connectivity index (χ4v) is 9.68. The Morgan fingerprint density at radius 1 is 0.421 bits per heavy atom. The quantitative estimate of drug-likeness (QED) is 0.177. The van der Waals surface area contributed by atoms with E-state index >= 15 is 0 Å². The molecule has 0 saturated carbocycles. The third-order valence-electron chi connectivity index (χ3n) is 12.1. The maximum absolute atomic E-state index is 6.71. The van der Waals surface area contributed by atoms with Crippen LogP contribution in [-0.4, -0.2) is 4.98 Å². The molecule has 3 nitrogen and oxygen atoms in total. The normalized spacial score (nSPS) is 13.4. The summed E-state index contributed by atoms with van der Waals surface area (Å²) in [4.78, 5) is 7.61. The summed E-state index contributed by atoms with van der Waals surface area (Å²) in [6.45, 7) is 0. The van der Waals surface area contributed by atoms with E-state index in [1.54, 1.807) is 0 Å². The third-order valence-corrected chi connectivity index (χ3v) is 12.1. The van der Waals surface area contributed by atoms with E-state index in [2.05, 4.69) is 205 Å². The summed E-state index contributed by atoms with van der Waals surface area (Å²) in [7, 11) is 0. The van der Waals surface area contributed by atoms with Crippen LogP contribution in [0.5, 0.6) is 0 Å². The highest BCUT2D eigenvalue weighted by Crippen LogP contribution is 2.59. The highest BCUT2D eigenvalue weighted by molar-refractivity contribution is 6.21. The number of oxazole rings is 1. The number of nitrogens with zero attached hydrogens (tertiary/aromatic N) is 2. The van der Waals surface area contributed by atoms with E-state index in [-0.39, 0.29) is 0 Å². The first-order valence-corrected chi connectivity index (χ1v) is 19.5. The van der Waals surface area contributed by atoms with Gasteiger partial charge in [-0.3, -0.25) is 0 Å². The predicted octanol–water partition coefficient (Wildman–Crippen LogP) is 14.1. The van der Waals surface area contributed by atoms with Crippen molar-refractivity contribution in [2.75, 3.05) is 4.90 Å². The minimum Gasteiger partial charge on any atom is -0.436 e. The van der Waals surface area contributed by atoms with Gasteiger partial charge in [-0.25, -0.2) is 4.98 Å². The molecule has 9 aromatic carbocycles. The summed E-state index contributed by atoms with van der Waals surface area (Å²) >= 11 is 0. The first kappa shape index (κ1) is 31.8. The van der Waals surface area contributed by atoms with Crippen molar-refractivity contribution in [3.8, 4) is 44.8 Å². The Labute approximate surface area is 330 Å². The van der Waals surface area contributed by atoms with Crippen molar-refractivity contribution in [1.82, 2.24) is 4.98 Å². The average Bonchev–Trinajstić information content (AvgIpc) is 3.85. The molecule has 3 heteroatoms. The minimum atomic E-state index is -0.507. The second-order valence-corrected chi connectivity index (χ2v) is 15.0. The lowest BCUT2D eigenvalue weighted by atomic mass is 9.67. The Morgan fingerprint density at radius 3 is 1.77 bits per heavy atom. The lowest BCUT2D eigenvalue weighted by molar-refractivity contribution is 0.620. The fourth-order valence-electron chi connectivity index (χ4n) is 9.68. The molecule has 57 heavy (non-hydrogen) atoms. The third kappa shape index (κ3) is 4.57. The van der Waals surface area contributed by atoms with Crippen LogP contribution in [0.25, 0.3) is 66.7 Å². The number of hydrogen-bond donors (Lipinski definition) is 0. The number of aromatic nitrogens is 1. The Bertz CT molecular complexity index is 3130. The van der Waals surface area contributed by atoms with E-state index in [9.17, 15) is 0 Å². The fraction of sp³-hybridized carbons (Fsp3) is 0.0185. The van der Waals surface area contributed by atoms with Crippen molar-refractivity contribution < 1.29 is 4.42 Å². The molecule has 0 spiro atoms. The van der Waals surface area contributed by atoms with Gasteiger partial charge in [-0.1, -0.05) is 170 Å². The minimum absolute atomic E-state index is 0.507. The van der Waals surface area contributed by atoms with Crippen LogP contribution in [0.1, 0.15) is 22.3 Å². The van der Waals surface area contributed by atoms with Crippen LogP contribution < -0.4 is 4.90 Å². The number of fused-ring (bicyclic) bond motifs is 7. The van der Waals surface area contributed by atoms with E-state index < -0.39 is 5.41 Å². The Kier molecular flexibility index (Phi) is 6.84. The topological polar surface area (TPSA) is 29.3 Å². The van der Waals surface area contributed by atoms with Crippen molar-refractivity contribution in [1.29, 1.82) is 0 Å². The Balaban J connectivity index is 1.09. The zero-order valence-electron chi connectivity index (χ0n) is 30.9. The van der Waals surface area contributed by atoms with E-state index in [0.29, 0.717) is 5.89 Å². The van der Waals surface area contributed by atoms with Crippen LogP contribution in [0.3, 0.4) is 0 Å². The van der Waals surface area contributed by atoms with Gasteiger partial charge >= 0.3 is 0 Å². The molecule has 0 atom stereocenters. The molecule has 10 aromatic rings. The number of para-hydroxylation sites is 1. The molecule has 1 aliphatic heterocycles. The second-order valence-electron chi connectivity index (χ2n) is 15.0. The largest absolute Gasteiger partial charge is 0.436 e. The smallest absolute Gasteiger partial charge is 0.227 e. The van der Waals surface area contributed by atoms with Gasteiger partial charge in [-0.05, 0) is 80.4 Å². The molecule has 266 valence electrons. The summed E-state index contributed by atoms with van der Waals surface area (Å²) in [5.74, 6) is 0.613. The van der Waals surface area contributed by atoms with Crippen molar-refractivity contribution >= 4 is 38.9 Å². The van der Waals surface area contributed by atoms with Gasteiger partial charge in [0.2, 0.25) is 5.89 Å². The summed E-state index contributed by atoms with van der Waals surface area (Å²) in [5, 5.41) is 2.25. The molecule has 0 amide bonds. The first-order chi connectivity index (χ1) is 28.3. The highest BCUT2D eigenvalue weighted by Gasteiger charge is 2.46. The van der Waals surface area contributed by atoms with Gasteiger partial charge in [-0.2, -0.15) is 0 Å². The van der Waals surface area contributed by atoms with Gasteiger partial charge < -0.3 is 9.32 Å². The molecule has 0 unspecified atom stereocenters. The van der Waals surface area contributed by atoms with E-state index in [1.165, 1.54) is 55.5 Å². The zero-order valence-corrected chi connectivity index (χ0v) is 30.9. The number of hydrogen-bond acceptors (Lipinski definition) is 3. The van der Waals surface area contributed by atoms with Crippen molar-refractivity contribution in [3.05, 3.63) is 229 Å². The SMILES string of the molecule is c1ccc(-c2ccc(-c3nc4c(cc5c6c(cccc64)-c4ccccc4N5c4ccc5c(c4)C(c4ccccc4)(c4ccccc4)c4ccccc4-5)o3)cc2)cc1. The van der Waals surface area contributed by atoms with Gasteiger partial charge in [-0.15, -0.1) is 0 Å². The van der Waals surface area contributed by atoms with Gasteiger partial charge in [0.15, 0.2) is 5.58 Å². The molecule has 1 aromatic heterocycles. The standard InChI is InChI=1S/C54H34N2O/c1-4-15-35(16-5-1)36-27-29-37(30-28-36)53-55-52-45-24-14-23-44-43-22-11-13-26-48(43)56(49(51(44)45)34-50(52)57-53)40-31-32-42-41-21-10-12-25-46(41)54(47(42)33-40,38-17-6-2-7-18-38)39-19-8-3-9-20-39/h1-34H. The van der Waals surface area contributed by atoms with Crippen LogP contribution in [0.15, 0.2) is 211 Å². The van der Waals surface area contributed by atoms with Gasteiger partial charge in [0, 0.05) is 33.7 Å². The number of anilines is 3. The highest BCUT2D eigenvalue weighted by atomic mass is 16.3. The molecule has 2 aliphatic rings. The van der Waals surface area contributed by atoms with Crippen LogP contribution in [0.2, 0.25) is 0 Å². The lowest BCUT2D eigenvalue weighted by Gasteiger charge is -2.36. The summed E-state index contributed by atoms with van der Waals surface area (Å²) in [6, 6.07) is 74.5. The van der Waals surface area contributed by atoms with Crippen molar-refractivity contribution in [2.24, 2.45) is 0 Å². The first-order valence-electron chi connectivity index (χ1n) is 19.5. The molecule has 0 saturated heterocycles. The Hall–Kier alpha value is -7.49. The molecule has 2 heterocycles. The maximum atomic E-state index is 6.71. The van der Waals surface area contributed by atoms with Gasteiger partial charge in [0.05, 0.1) is 16.8 Å². The average molecular weight is 727 g/mol. The van der Waals surface area contributed by atoms with Gasteiger partial charge in [0.1, 0.15) is 5.52 Å². The molecule has 12 rings (SSSR count). The van der Waals surface area contributed by atoms with Crippen LogP contribution in [0, 0.1) is 0 Å². The van der Waals surface area contributed by atoms with E-state index in [4.69, 9.17) is 9.40 Å². The zero-order chi connectivity index (χ0) is 37.5. The van der Waals surface area contributed by atoms with Crippen LogP contribution >= 0.6 is 0 Å². The van der Waals surface area contributed by atoms with Gasteiger partial charge in [0.25, 0.3) is 0 Å². The predicted molar refractivity (Wildman–Crippen MR) is 233 cm³/mol. The van der Waals surface area contributed by atoms with Crippen molar-refractivity contribution in [2.45, 2.75) is 5.41 Å². The second kappa shape index (κ2) is 12.3. The molecular formula is C54H34N2O. The summed E-state index contributed by atoms with van der Waals surface area (Å²) in [6.07, 6.45) is 0. The maximum Gasteiger partial charge on any atom is 0.227 e. The van der Waals surface area contributed by atoms with Crippen molar-refractivity contribution in [3.63, 3.8) is 0 Å². The lowest BCUT2D eigenvalue weighted by Crippen LogP contribution is -2.28. The molecule has 0 fully saturated rings. The number of rotatable bonds is 5. The summed E-state index contributed by atoms with van der Waals surface area (Å²) < 4.78 is 6.71. The van der Waals surface area contributed by atoms with E-state index in [0.717, 1.165) is 44.7 Å². The molecule has 0 N–H and O–H groups in total.